The number of hydrogen-bond donors (Lipinski definition) is 0. The number of alkyl halides is 2. The summed E-state index contributed by atoms with van der Waals surface area (Å²) in [5, 5.41) is 0. The quantitative estimate of drug-likeness (QED) is 0.413. The maximum atomic E-state index is 10.1. The van der Waals surface area contributed by atoms with Gasteiger partial charge in [0, 0.05) is 0 Å². The molecular formula is CHCl2IO2S. The summed E-state index contributed by atoms with van der Waals surface area (Å²) in [6, 6.07) is 0. The molecule has 0 aromatic heterocycles. The predicted molar refractivity (Wildman–Crippen MR) is 38.4 cm³/mol. The van der Waals surface area contributed by atoms with Gasteiger partial charge in [-0.05, 0) is 0 Å². The molecule has 0 bridgehead atoms. The summed E-state index contributed by atoms with van der Waals surface area (Å²) in [4.78, 5) is 0. The molecule has 2 nitrogen and oxygen atoms in total. The normalized spacial score (nSPS) is 12.6. The molecule has 44 valence electrons. The van der Waals surface area contributed by atoms with Crippen LogP contribution in [0, 0.1) is 0 Å². The predicted octanol–water partition coefficient (Wildman–Crippen LogP) is 1.51. The van der Waals surface area contributed by atoms with Crippen molar-refractivity contribution in [3.63, 3.8) is 0 Å². The molecule has 0 unspecified atom stereocenters. The molecule has 0 aromatic carbocycles. The summed E-state index contributed by atoms with van der Waals surface area (Å²) in [5.41, 5.74) is 0. The minimum atomic E-state index is -3.24. The number of rotatable bonds is 1. The standard InChI is InChI=1S/CHCl2IO2S/c2-1(3)7(4,5)6/h1H. The lowest BCUT2D eigenvalue weighted by molar-refractivity contribution is 0.615. The Kier molecular flexibility index (Phi) is 3.19. The maximum absolute atomic E-state index is 10.1. The Hall–Kier alpha value is 1.26. The first-order valence-corrected chi connectivity index (χ1v) is 6.12. The largest absolute Gasteiger partial charge is 0.233 e. The van der Waals surface area contributed by atoms with Crippen LogP contribution in [0.2, 0.25) is 0 Å². The fraction of sp³-hybridized carbons (Fsp3) is 1.00. The molecule has 0 saturated carbocycles. The van der Waals surface area contributed by atoms with E-state index < -0.39 is 11.2 Å². The number of halogens is 3. The van der Waals surface area contributed by atoms with Crippen molar-refractivity contribution < 1.29 is 8.42 Å². The zero-order chi connectivity index (χ0) is 6.08. The van der Waals surface area contributed by atoms with Gasteiger partial charge in [-0.1, -0.05) is 23.2 Å². The van der Waals surface area contributed by atoms with Gasteiger partial charge in [-0.25, -0.2) is 8.42 Å². The van der Waals surface area contributed by atoms with Gasteiger partial charge < -0.3 is 0 Å². The van der Waals surface area contributed by atoms with Crippen LogP contribution in [0.4, 0.5) is 0 Å². The third-order valence-electron chi connectivity index (χ3n) is 0.213. The van der Waals surface area contributed by atoms with E-state index in [4.69, 9.17) is 23.2 Å². The SMILES string of the molecule is O=S(=O)(I)C(Cl)Cl. The molecule has 0 aliphatic rings. The van der Waals surface area contributed by atoms with Crippen molar-refractivity contribution in [1.82, 2.24) is 0 Å². The third-order valence-corrected chi connectivity index (χ3v) is 5.38. The lowest BCUT2D eigenvalue weighted by Crippen LogP contribution is -1.96. The lowest BCUT2D eigenvalue weighted by Gasteiger charge is -1.88. The molecule has 0 fully saturated rings. The molecule has 0 aromatic rings. The third kappa shape index (κ3) is 3.81. The Labute approximate surface area is 63.7 Å². The van der Waals surface area contributed by atoms with Crippen LogP contribution in [0.3, 0.4) is 0 Å². The zero-order valence-corrected chi connectivity index (χ0v) is 7.42. The second kappa shape index (κ2) is 2.70. The molecule has 0 radical (unpaired) electrons. The highest BCUT2D eigenvalue weighted by molar-refractivity contribution is 14.2. The van der Waals surface area contributed by atoms with Gasteiger partial charge in [-0.2, -0.15) is 0 Å². The van der Waals surface area contributed by atoms with E-state index in [1.54, 1.807) is 0 Å². The van der Waals surface area contributed by atoms with Crippen molar-refractivity contribution >= 4 is 51.4 Å². The lowest BCUT2D eigenvalue weighted by atomic mass is 11.9. The first kappa shape index (κ1) is 8.26. The van der Waals surface area contributed by atoms with Crippen molar-refractivity contribution in [1.29, 1.82) is 0 Å². The average Bonchev–Trinajstić information content (AvgIpc) is 1.31. The van der Waals surface area contributed by atoms with Gasteiger partial charge in [-0.3, -0.25) is 0 Å². The van der Waals surface area contributed by atoms with E-state index in [1.807, 2.05) is 0 Å². The van der Waals surface area contributed by atoms with E-state index in [0.717, 1.165) is 0 Å². The minimum Gasteiger partial charge on any atom is -0.215 e. The summed E-state index contributed by atoms with van der Waals surface area (Å²) in [7, 11) is -3.24. The summed E-state index contributed by atoms with van der Waals surface area (Å²) >= 11 is 11.0. The van der Waals surface area contributed by atoms with Gasteiger partial charge in [0.1, 0.15) is 0 Å². The first-order chi connectivity index (χ1) is 2.94. The Morgan fingerprint density at radius 1 is 1.43 bits per heavy atom. The van der Waals surface area contributed by atoms with Gasteiger partial charge in [0.05, 0.1) is 21.2 Å². The molecule has 0 aliphatic carbocycles. The molecule has 0 N–H and O–H groups in total. The van der Waals surface area contributed by atoms with Crippen LogP contribution >= 0.6 is 44.4 Å². The van der Waals surface area contributed by atoms with Crippen molar-refractivity contribution in [3.05, 3.63) is 0 Å². The molecule has 7 heavy (non-hydrogen) atoms. The van der Waals surface area contributed by atoms with Crippen LogP contribution in [0.15, 0.2) is 0 Å². The Morgan fingerprint density at radius 2 is 1.57 bits per heavy atom. The van der Waals surface area contributed by atoms with E-state index in [-0.39, 0.29) is 0 Å². The van der Waals surface area contributed by atoms with Gasteiger partial charge in [0.25, 0.3) is 0 Å². The smallest absolute Gasteiger partial charge is 0.215 e. The van der Waals surface area contributed by atoms with Crippen molar-refractivity contribution in [2.45, 2.75) is 4.17 Å². The number of hydrogen-bond acceptors (Lipinski definition) is 2. The molecule has 0 atom stereocenters. The van der Waals surface area contributed by atoms with E-state index in [0.29, 0.717) is 0 Å². The molecule has 0 aliphatic heterocycles. The van der Waals surface area contributed by atoms with E-state index in [2.05, 4.69) is 0 Å². The molecular weight excluding hydrogens is 274 g/mol. The van der Waals surface area contributed by atoms with Crippen LogP contribution in [-0.4, -0.2) is 12.6 Å². The van der Waals surface area contributed by atoms with Crippen molar-refractivity contribution in [3.8, 4) is 0 Å². The molecule has 0 spiro atoms. The second-order valence-electron chi connectivity index (χ2n) is 0.736. The molecule has 6 heteroatoms. The summed E-state index contributed by atoms with van der Waals surface area (Å²) < 4.78 is 18.8. The van der Waals surface area contributed by atoms with Gasteiger partial charge in [0.2, 0.25) is 11.2 Å². The van der Waals surface area contributed by atoms with Gasteiger partial charge >= 0.3 is 0 Å². The van der Waals surface area contributed by atoms with Crippen LogP contribution in [-0.2, 0) is 7.01 Å². The molecule has 0 heterocycles. The Morgan fingerprint density at radius 3 is 1.57 bits per heavy atom. The topological polar surface area (TPSA) is 34.1 Å². The fourth-order valence-electron chi connectivity index (χ4n) is 0. The average molecular weight is 275 g/mol. The van der Waals surface area contributed by atoms with E-state index in [9.17, 15) is 8.42 Å². The van der Waals surface area contributed by atoms with Crippen LogP contribution in [0.1, 0.15) is 0 Å². The monoisotopic (exact) mass is 274 g/mol. The van der Waals surface area contributed by atoms with Crippen molar-refractivity contribution in [2.24, 2.45) is 0 Å². The summed E-state index contributed by atoms with van der Waals surface area (Å²) in [6.07, 6.45) is 0. The zero-order valence-electron chi connectivity index (χ0n) is 2.94. The fourth-order valence-corrected chi connectivity index (χ4v) is 0. The van der Waals surface area contributed by atoms with Crippen molar-refractivity contribution in [2.75, 3.05) is 0 Å². The van der Waals surface area contributed by atoms with E-state index >= 15 is 0 Å². The molecule has 0 saturated heterocycles. The van der Waals surface area contributed by atoms with Crippen LogP contribution < -0.4 is 0 Å². The highest BCUT2D eigenvalue weighted by Gasteiger charge is 2.13. The summed E-state index contributed by atoms with van der Waals surface area (Å²) in [5.74, 6) is 0. The maximum Gasteiger partial charge on any atom is 0.233 e. The highest BCUT2D eigenvalue weighted by Crippen LogP contribution is 2.17. The van der Waals surface area contributed by atoms with Crippen LogP contribution in [0.5, 0.6) is 0 Å². The minimum absolute atomic E-state index is 1.17. The summed E-state index contributed by atoms with van der Waals surface area (Å²) in [6.45, 7) is 0. The van der Waals surface area contributed by atoms with Gasteiger partial charge in [0.15, 0.2) is 0 Å². The molecule has 0 rings (SSSR count). The van der Waals surface area contributed by atoms with Crippen LogP contribution in [0.25, 0.3) is 0 Å². The first-order valence-electron chi connectivity index (χ1n) is 1.16. The second-order valence-corrected chi connectivity index (χ2v) is 7.46. The Balaban J connectivity index is 4.10. The van der Waals surface area contributed by atoms with Gasteiger partial charge in [-0.15, -0.1) is 0 Å². The highest BCUT2D eigenvalue weighted by atomic mass is 127. The Bertz CT molecular complexity index is 138. The molecule has 0 amide bonds. The van der Waals surface area contributed by atoms with E-state index in [1.165, 1.54) is 21.2 Å².